The molecular formula is C12H14ClN3O3S. The lowest BCUT2D eigenvalue weighted by Gasteiger charge is -2.13. The molecule has 0 aliphatic heterocycles. The number of carbonyl (C=O) groups is 1. The first kappa shape index (κ1) is 15.0. The van der Waals surface area contributed by atoms with Crippen LogP contribution in [0.15, 0.2) is 10.5 Å². The molecule has 0 radical (unpaired) electrons. The lowest BCUT2D eigenvalue weighted by atomic mass is 10.2. The Balaban J connectivity index is 2.03. The number of nitrogens with zero attached hydrogens (tertiary/aromatic N) is 3. The number of carbonyl (C=O) groups excluding carboxylic acids is 1. The lowest BCUT2D eigenvalue weighted by molar-refractivity contribution is 0.0599. The average molecular weight is 316 g/mol. The Kier molecular flexibility index (Phi) is 4.74. The van der Waals surface area contributed by atoms with Crippen molar-refractivity contribution in [1.29, 1.82) is 0 Å². The molecule has 0 saturated carbocycles. The van der Waals surface area contributed by atoms with Gasteiger partial charge in [0.25, 0.3) is 0 Å². The van der Waals surface area contributed by atoms with E-state index in [0.717, 1.165) is 17.2 Å². The highest BCUT2D eigenvalue weighted by Gasteiger charge is 2.17. The highest BCUT2D eigenvalue weighted by molar-refractivity contribution is 7.10. The highest BCUT2D eigenvalue weighted by Crippen LogP contribution is 2.21. The van der Waals surface area contributed by atoms with Crippen LogP contribution in [0.5, 0.6) is 0 Å². The molecule has 0 unspecified atom stereocenters. The number of furan rings is 1. The molecule has 2 rings (SSSR count). The second kappa shape index (κ2) is 6.34. The summed E-state index contributed by atoms with van der Waals surface area (Å²) in [6, 6.07) is 1.69. The van der Waals surface area contributed by atoms with E-state index in [-0.39, 0.29) is 0 Å². The zero-order chi connectivity index (χ0) is 14.7. The molecule has 2 aromatic heterocycles. The molecule has 0 aliphatic rings. The Bertz CT molecular complexity index is 611. The monoisotopic (exact) mass is 315 g/mol. The van der Waals surface area contributed by atoms with Gasteiger partial charge in [-0.25, -0.2) is 4.79 Å². The predicted octanol–water partition coefficient (Wildman–Crippen LogP) is 2.51. The molecule has 2 aromatic rings. The molecule has 108 valence electrons. The molecule has 0 aliphatic carbocycles. The van der Waals surface area contributed by atoms with Crippen LogP contribution in [0, 0.1) is 6.92 Å². The zero-order valence-corrected chi connectivity index (χ0v) is 12.9. The number of ether oxygens (including phenoxy) is 1. The standard InChI is InChI=1S/C12H14ClN3O3S/c1-7-9(12(17)18-3)4-8(19-7)5-16(2)6-10-11(13)20-15-14-10/h4H,5-6H2,1-3H3. The van der Waals surface area contributed by atoms with Gasteiger partial charge in [0.05, 0.1) is 13.7 Å². The van der Waals surface area contributed by atoms with Gasteiger partial charge in [0, 0.05) is 18.1 Å². The van der Waals surface area contributed by atoms with Gasteiger partial charge >= 0.3 is 5.97 Å². The van der Waals surface area contributed by atoms with E-state index in [0.29, 0.717) is 34.5 Å². The van der Waals surface area contributed by atoms with E-state index in [2.05, 4.69) is 14.3 Å². The Morgan fingerprint density at radius 3 is 2.90 bits per heavy atom. The van der Waals surface area contributed by atoms with Crippen molar-refractivity contribution in [2.45, 2.75) is 20.0 Å². The number of aryl methyl sites for hydroxylation is 1. The molecule has 0 aromatic carbocycles. The Hall–Kier alpha value is -1.44. The second-order valence-corrected chi connectivity index (χ2v) is 5.70. The van der Waals surface area contributed by atoms with Gasteiger partial charge in [-0.15, -0.1) is 5.10 Å². The first-order valence-electron chi connectivity index (χ1n) is 5.84. The fourth-order valence-corrected chi connectivity index (χ4v) is 2.42. The first-order valence-corrected chi connectivity index (χ1v) is 6.99. The summed E-state index contributed by atoms with van der Waals surface area (Å²) in [4.78, 5) is 13.5. The number of esters is 1. The summed E-state index contributed by atoms with van der Waals surface area (Å²) in [5.74, 6) is 0.838. The minimum absolute atomic E-state index is 0.396. The Morgan fingerprint density at radius 1 is 1.55 bits per heavy atom. The summed E-state index contributed by atoms with van der Waals surface area (Å²) < 4.78 is 14.6. The second-order valence-electron chi connectivity index (χ2n) is 4.34. The third-order valence-electron chi connectivity index (χ3n) is 2.73. The van der Waals surface area contributed by atoms with E-state index in [1.807, 2.05) is 11.9 Å². The number of hydrogen-bond donors (Lipinski definition) is 0. The van der Waals surface area contributed by atoms with Crippen LogP contribution in [0.2, 0.25) is 4.34 Å². The van der Waals surface area contributed by atoms with Crippen LogP contribution in [-0.4, -0.2) is 34.6 Å². The van der Waals surface area contributed by atoms with Crippen molar-refractivity contribution in [1.82, 2.24) is 14.5 Å². The lowest BCUT2D eigenvalue weighted by Crippen LogP contribution is -2.17. The number of hydrogen-bond acceptors (Lipinski definition) is 7. The highest BCUT2D eigenvalue weighted by atomic mass is 35.5. The van der Waals surface area contributed by atoms with Crippen molar-refractivity contribution in [2.75, 3.05) is 14.2 Å². The number of methoxy groups -OCH3 is 1. The molecule has 0 atom stereocenters. The van der Waals surface area contributed by atoms with Gasteiger partial charge in [0.1, 0.15) is 27.1 Å². The van der Waals surface area contributed by atoms with Gasteiger partial charge in [0.2, 0.25) is 0 Å². The summed E-state index contributed by atoms with van der Waals surface area (Å²) in [6.07, 6.45) is 0. The third kappa shape index (κ3) is 3.36. The van der Waals surface area contributed by atoms with Gasteiger partial charge < -0.3 is 9.15 Å². The van der Waals surface area contributed by atoms with Crippen LogP contribution in [0.25, 0.3) is 0 Å². The van der Waals surface area contributed by atoms with Crippen molar-refractivity contribution in [2.24, 2.45) is 0 Å². The largest absolute Gasteiger partial charge is 0.465 e. The van der Waals surface area contributed by atoms with Crippen LogP contribution in [0.1, 0.15) is 27.6 Å². The molecule has 0 bridgehead atoms. The van der Waals surface area contributed by atoms with Crippen molar-refractivity contribution in [3.63, 3.8) is 0 Å². The fraction of sp³-hybridized carbons (Fsp3) is 0.417. The van der Waals surface area contributed by atoms with Crippen LogP contribution >= 0.6 is 23.1 Å². The topological polar surface area (TPSA) is 68.5 Å². The minimum Gasteiger partial charge on any atom is -0.465 e. The summed E-state index contributed by atoms with van der Waals surface area (Å²) >= 11 is 7.12. The fourth-order valence-electron chi connectivity index (χ4n) is 1.80. The van der Waals surface area contributed by atoms with Gasteiger partial charge in [-0.2, -0.15) is 0 Å². The molecule has 0 spiro atoms. The molecule has 0 saturated heterocycles. The van der Waals surface area contributed by atoms with Crippen molar-refractivity contribution in [3.8, 4) is 0 Å². The van der Waals surface area contributed by atoms with Gasteiger partial charge in [-0.3, -0.25) is 4.90 Å². The van der Waals surface area contributed by atoms with Crippen LogP contribution in [0.4, 0.5) is 0 Å². The quantitative estimate of drug-likeness (QED) is 0.790. The Labute approximate surface area is 125 Å². The molecule has 0 fully saturated rings. The maximum Gasteiger partial charge on any atom is 0.341 e. The minimum atomic E-state index is -0.396. The van der Waals surface area contributed by atoms with Crippen LogP contribution in [-0.2, 0) is 17.8 Å². The van der Waals surface area contributed by atoms with E-state index >= 15 is 0 Å². The number of rotatable bonds is 5. The summed E-state index contributed by atoms with van der Waals surface area (Å²) in [6.45, 7) is 2.82. The normalized spacial score (nSPS) is 11.1. The van der Waals surface area contributed by atoms with E-state index in [4.69, 9.17) is 16.0 Å². The van der Waals surface area contributed by atoms with Crippen molar-refractivity contribution < 1.29 is 13.9 Å². The van der Waals surface area contributed by atoms with Crippen LogP contribution in [0.3, 0.4) is 0 Å². The van der Waals surface area contributed by atoms with Gasteiger partial charge in [0.15, 0.2) is 0 Å². The van der Waals surface area contributed by atoms with Crippen molar-refractivity contribution in [3.05, 3.63) is 33.2 Å². The SMILES string of the molecule is COC(=O)c1cc(CN(C)Cc2nnsc2Cl)oc1C. The first-order chi connectivity index (χ1) is 9.51. The van der Waals surface area contributed by atoms with Gasteiger partial charge in [-0.1, -0.05) is 16.1 Å². The predicted molar refractivity (Wildman–Crippen MR) is 74.9 cm³/mol. The molecule has 2 heterocycles. The number of aromatic nitrogens is 2. The molecule has 6 nitrogen and oxygen atoms in total. The summed E-state index contributed by atoms with van der Waals surface area (Å²) in [5.41, 5.74) is 1.18. The van der Waals surface area contributed by atoms with Crippen LogP contribution < -0.4 is 0 Å². The van der Waals surface area contributed by atoms with Crippen molar-refractivity contribution >= 4 is 29.1 Å². The maximum absolute atomic E-state index is 11.5. The number of halogens is 1. The van der Waals surface area contributed by atoms with E-state index in [1.165, 1.54) is 7.11 Å². The molecule has 8 heteroatoms. The van der Waals surface area contributed by atoms with E-state index in [1.54, 1.807) is 13.0 Å². The molecular weight excluding hydrogens is 302 g/mol. The summed E-state index contributed by atoms with van der Waals surface area (Å²) in [5, 5.41) is 3.95. The molecule has 0 N–H and O–H groups in total. The Morgan fingerprint density at radius 2 is 2.30 bits per heavy atom. The third-order valence-corrected chi connectivity index (χ3v) is 3.71. The van der Waals surface area contributed by atoms with E-state index < -0.39 is 5.97 Å². The summed E-state index contributed by atoms with van der Waals surface area (Å²) in [7, 11) is 3.25. The molecule has 20 heavy (non-hydrogen) atoms. The smallest absolute Gasteiger partial charge is 0.341 e. The maximum atomic E-state index is 11.5. The van der Waals surface area contributed by atoms with Gasteiger partial charge in [-0.05, 0) is 20.0 Å². The van der Waals surface area contributed by atoms with E-state index in [9.17, 15) is 4.79 Å². The molecule has 0 amide bonds. The average Bonchev–Trinajstić information content (AvgIpc) is 2.95. The zero-order valence-electron chi connectivity index (χ0n) is 11.3.